The van der Waals surface area contributed by atoms with Gasteiger partial charge in [-0.3, -0.25) is 9.59 Å². The Hall–Kier alpha value is -1.66. The molecule has 0 aliphatic heterocycles. The van der Waals surface area contributed by atoms with E-state index < -0.39 is 12.1 Å². The van der Waals surface area contributed by atoms with E-state index in [0.29, 0.717) is 19.4 Å². The molecule has 3 N–H and O–H groups in total. The van der Waals surface area contributed by atoms with Crippen LogP contribution in [0.25, 0.3) is 0 Å². The lowest BCUT2D eigenvalue weighted by atomic mass is 10.0. The predicted molar refractivity (Wildman–Crippen MR) is 329 cm³/mol. The van der Waals surface area contributed by atoms with Crippen LogP contribution in [0.3, 0.4) is 0 Å². The zero-order valence-corrected chi connectivity index (χ0v) is 50.8. The van der Waals surface area contributed by atoms with Gasteiger partial charge in [0.2, 0.25) is 5.91 Å². The molecule has 2 atom stereocenters. The molecule has 0 aromatic rings. The molecule has 0 aromatic carbocycles. The van der Waals surface area contributed by atoms with Crippen LogP contribution in [0.1, 0.15) is 380 Å². The monoisotopic (exact) mass is 1060 g/mol. The highest BCUT2D eigenvalue weighted by Crippen LogP contribution is 2.18. The van der Waals surface area contributed by atoms with Crippen molar-refractivity contribution in [2.45, 2.75) is 392 Å². The Kier molecular flexibility index (Phi) is 63.4. The zero-order valence-electron chi connectivity index (χ0n) is 50.8. The molecule has 0 saturated heterocycles. The summed E-state index contributed by atoms with van der Waals surface area (Å²) in [5.74, 6) is -0.0633. The van der Waals surface area contributed by atoms with Crippen molar-refractivity contribution in [2.75, 3.05) is 13.2 Å². The van der Waals surface area contributed by atoms with E-state index in [1.807, 2.05) is 6.08 Å². The van der Waals surface area contributed by atoms with Crippen molar-refractivity contribution in [3.05, 3.63) is 24.3 Å². The van der Waals surface area contributed by atoms with E-state index in [-0.39, 0.29) is 18.5 Å². The fraction of sp³-hybridized carbons (Fsp3) is 0.913. The molecule has 0 saturated carbocycles. The molecule has 6 nitrogen and oxygen atoms in total. The third-order valence-electron chi connectivity index (χ3n) is 16.0. The van der Waals surface area contributed by atoms with Gasteiger partial charge in [-0.25, -0.2) is 0 Å². The summed E-state index contributed by atoms with van der Waals surface area (Å²) in [5.41, 5.74) is 0. The summed E-state index contributed by atoms with van der Waals surface area (Å²) in [7, 11) is 0. The maximum absolute atomic E-state index is 12.5. The van der Waals surface area contributed by atoms with Crippen LogP contribution < -0.4 is 5.32 Å². The minimum Gasteiger partial charge on any atom is -0.466 e. The number of allylic oxidation sites excluding steroid dienone is 3. The van der Waals surface area contributed by atoms with Crippen LogP contribution in [0.15, 0.2) is 24.3 Å². The van der Waals surface area contributed by atoms with Crippen LogP contribution in [0, 0.1) is 0 Å². The normalized spacial score (nSPS) is 12.6. The van der Waals surface area contributed by atoms with E-state index in [0.717, 1.165) is 44.9 Å². The van der Waals surface area contributed by atoms with E-state index in [2.05, 4.69) is 31.3 Å². The van der Waals surface area contributed by atoms with Crippen LogP contribution in [0.5, 0.6) is 0 Å². The van der Waals surface area contributed by atoms with Gasteiger partial charge in [-0.2, -0.15) is 0 Å². The average Bonchev–Trinajstić information content (AvgIpc) is 3.41. The lowest BCUT2D eigenvalue weighted by molar-refractivity contribution is -0.143. The molecule has 0 spiro atoms. The van der Waals surface area contributed by atoms with Crippen LogP contribution in [-0.2, 0) is 14.3 Å². The number of hydrogen-bond acceptors (Lipinski definition) is 5. The van der Waals surface area contributed by atoms with Gasteiger partial charge in [0, 0.05) is 12.8 Å². The molecule has 444 valence electrons. The van der Waals surface area contributed by atoms with Crippen LogP contribution in [0.4, 0.5) is 0 Å². The molecule has 0 radical (unpaired) electrons. The number of nitrogens with one attached hydrogen (secondary N) is 1. The highest BCUT2D eigenvalue weighted by molar-refractivity contribution is 5.76. The van der Waals surface area contributed by atoms with Gasteiger partial charge in [0.15, 0.2) is 0 Å². The third-order valence-corrected chi connectivity index (χ3v) is 16.0. The first kappa shape index (κ1) is 73.3. The topological polar surface area (TPSA) is 95.9 Å². The Morgan fingerprint density at radius 1 is 0.360 bits per heavy atom. The van der Waals surface area contributed by atoms with Crippen molar-refractivity contribution >= 4 is 11.9 Å². The minimum absolute atomic E-state index is 0.00926. The van der Waals surface area contributed by atoms with Crippen molar-refractivity contribution in [1.82, 2.24) is 5.32 Å². The van der Waals surface area contributed by atoms with E-state index >= 15 is 0 Å². The van der Waals surface area contributed by atoms with Gasteiger partial charge in [-0.1, -0.05) is 334 Å². The van der Waals surface area contributed by atoms with Crippen molar-refractivity contribution < 1.29 is 24.5 Å². The van der Waals surface area contributed by atoms with Gasteiger partial charge in [-0.15, -0.1) is 0 Å². The van der Waals surface area contributed by atoms with E-state index in [9.17, 15) is 19.8 Å². The number of ether oxygens (including phenoxy) is 1. The smallest absolute Gasteiger partial charge is 0.305 e. The highest BCUT2D eigenvalue weighted by Gasteiger charge is 2.18. The van der Waals surface area contributed by atoms with Crippen LogP contribution in [0.2, 0.25) is 0 Å². The first-order valence-corrected chi connectivity index (χ1v) is 34.1. The summed E-state index contributed by atoms with van der Waals surface area (Å²) < 4.78 is 5.49. The Morgan fingerprint density at radius 2 is 0.627 bits per heavy atom. The Balaban J connectivity index is 3.45. The molecule has 2 unspecified atom stereocenters. The van der Waals surface area contributed by atoms with Crippen LogP contribution >= 0.6 is 0 Å². The summed E-state index contributed by atoms with van der Waals surface area (Å²) in [6, 6.07) is -0.635. The summed E-state index contributed by atoms with van der Waals surface area (Å²) in [6.45, 7) is 4.93. The predicted octanol–water partition coefficient (Wildman–Crippen LogP) is 21.8. The molecule has 0 aromatic heterocycles. The van der Waals surface area contributed by atoms with Gasteiger partial charge in [0.05, 0.1) is 25.4 Å². The summed E-state index contributed by atoms with van der Waals surface area (Å²) in [4.78, 5) is 24.6. The second kappa shape index (κ2) is 64.9. The fourth-order valence-electron chi connectivity index (χ4n) is 10.7. The number of unbranched alkanes of at least 4 members (excludes halogenated alkanes) is 51. The van der Waals surface area contributed by atoms with E-state index in [4.69, 9.17) is 4.74 Å². The Labute approximate surface area is 469 Å². The van der Waals surface area contributed by atoms with Gasteiger partial charge in [-0.05, 0) is 57.8 Å². The highest BCUT2D eigenvalue weighted by atomic mass is 16.5. The third kappa shape index (κ3) is 61.4. The molecule has 0 aliphatic rings. The quantitative estimate of drug-likeness (QED) is 0.0320. The summed E-state index contributed by atoms with van der Waals surface area (Å²) >= 11 is 0. The second-order valence-corrected chi connectivity index (χ2v) is 23.5. The Morgan fingerprint density at radius 3 is 0.947 bits per heavy atom. The number of rotatable bonds is 64. The van der Waals surface area contributed by atoms with Gasteiger partial charge >= 0.3 is 5.97 Å². The average molecular weight is 1060 g/mol. The van der Waals surface area contributed by atoms with Crippen molar-refractivity contribution in [2.24, 2.45) is 0 Å². The largest absolute Gasteiger partial charge is 0.466 e. The summed E-state index contributed by atoms with van der Waals surface area (Å²) in [6.07, 6.45) is 80.9. The SMILES string of the molecule is CCCCCCCCCCCCCCCCCCCCCCC/C=C/C(O)C(CO)NC(=O)CCCCCCCCC/C=C\CCCCCCCCCCCOC(=O)CCCCCCCCCCCCCCCCC. The fourth-order valence-corrected chi connectivity index (χ4v) is 10.7. The second-order valence-electron chi connectivity index (χ2n) is 23.5. The van der Waals surface area contributed by atoms with Crippen molar-refractivity contribution in [1.29, 1.82) is 0 Å². The first-order valence-electron chi connectivity index (χ1n) is 34.1. The molecule has 0 bridgehead atoms. The van der Waals surface area contributed by atoms with E-state index in [1.165, 1.54) is 308 Å². The van der Waals surface area contributed by atoms with Gasteiger partial charge in [0.1, 0.15) is 0 Å². The lowest BCUT2D eigenvalue weighted by Crippen LogP contribution is -2.45. The molecule has 6 heteroatoms. The molecular weight excluding hydrogens is 923 g/mol. The first-order chi connectivity index (χ1) is 37.0. The molecule has 0 aliphatic carbocycles. The number of aliphatic hydroxyl groups excluding tert-OH is 2. The van der Waals surface area contributed by atoms with Crippen molar-refractivity contribution in [3.8, 4) is 0 Å². The molecule has 1 amide bonds. The molecule has 0 heterocycles. The van der Waals surface area contributed by atoms with Crippen molar-refractivity contribution in [3.63, 3.8) is 0 Å². The molecular formula is C69H133NO5. The lowest BCUT2D eigenvalue weighted by Gasteiger charge is -2.20. The van der Waals surface area contributed by atoms with Gasteiger partial charge in [0.25, 0.3) is 0 Å². The van der Waals surface area contributed by atoms with E-state index in [1.54, 1.807) is 6.08 Å². The zero-order chi connectivity index (χ0) is 54.3. The van der Waals surface area contributed by atoms with Gasteiger partial charge < -0.3 is 20.3 Å². The number of carbonyl (C=O) groups excluding carboxylic acids is 2. The minimum atomic E-state index is -0.851. The maximum atomic E-state index is 12.5. The number of esters is 1. The standard InChI is InChI=1S/C69H133NO5/c1-3-5-7-9-11-13-15-17-19-20-21-22-23-24-27-30-34-37-41-45-49-53-57-61-67(72)66(65-71)70-68(73)62-58-54-50-46-42-38-35-31-28-25-26-29-32-36-40-44-48-52-56-60-64-75-69(74)63-59-55-51-47-43-39-33-18-16-14-12-10-8-6-4-2/h25,28,57,61,66-67,71-72H,3-24,26-27,29-56,58-60,62-65H2,1-2H3,(H,70,73)/b28-25-,61-57+. The molecule has 0 fully saturated rings. The summed E-state index contributed by atoms with van der Waals surface area (Å²) in [5, 5.41) is 23.2. The number of carbonyl (C=O) groups is 2. The molecule has 0 rings (SSSR count). The number of hydrogen-bond donors (Lipinski definition) is 3. The number of amides is 1. The van der Waals surface area contributed by atoms with Crippen LogP contribution in [-0.4, -0.2) is 47.4 Å². The number of aliphatic hydroxyl groups is 2. The maximum Gasteiger partial charge on any atom is 0.305 e. The Bertz CT molecular complexity index is 1170. The molecule has 75 heavy (non-hydrogen) atoms.